The summed E-state index contributed by atoms with van der Waals surface area (Å²) in [6, 6.07) is 9.30. The maximum Gasteiger partial charge on any atom is 0.436 e. The Labute approximate surface area is 88.9 Å². The first kappa shape index (κ1) is 9.66. The molecule has 0 saturated carbocycles. The minimum Gasteiger partial charge on any atom is -0.463 e. The Morgan fingerprint density at radius 2 is 2.07 bits per heavy atom. The van der Waals surface area contributed by atoms with E-state index >= 15 is 0 Å². The van der Waals surface area contributed by atoms with Crippen LogP contribution in [0.1, 0.15) is 0 Å². The Balaban J connectivity index is 2.25. The lowest BCUT2D eigenvalue weighted by atomic mass is 10.4. The Bertz CT molecular complexity index is 471. The molecule has 76 valence electrons. The summed E-state index contributed by atoms with van der Waals surface area (Å²) in [7, 11) is 0. The van der Waals surface area contributed by atoms with Crippen molar-refractivity contribution in [1.82, 2.24) is 20.2 Å². The summed E-state index contributed by atoms with van der Waals surface area (Å²) < 4.78 is 0.734. The molecule has 15 heavy (non-hydrogen) atoms. The van der Waals surface area contributed by atoms with Gasteiger partial charge in [0.2, 0.25) is 5.16 Å². The molecule has 0 radical (unpaired) electrons. The van der Waals surface area contributed by atoms with Gasteiger partial charge in [0, 0.05) is 4.90 Å². The first-order valence-electron chi connectivity index (χ1n) is 4.02. The zero-order chi connectivity index (χ0) is 10.7. The number of carbonyl (C=O) groups is 1. The highest BCUT2D eigenvalue weighted by Gasteiger charge is 2.12. The van der Waals surface area contributed by atoms with Gasteiger partial charge in [0.15, 0.2) is 0 Å². The first-order chi connectivity index (χ1) is 7.27. The maximum absolute atomic E-state index is 10.7. The van der Waals surface area contributed by atoms with Gasteiger partial charge in [-0.05, 0) is 34.3 Å². The zero-order valence-electron chi connectivity index (χ0n) is 7.44. The van der Waals surface area contributed by atoms with Crippen molar-refractivity contribution in [3.8, 4) is 0 Å². The number of aromatic nitrogens is 4. The molecule has 1 heterocycles. The van der Waals surface area contributed by atoms with Gasteiger partial charge in [-0.15, -0.1) is 9.78 Å². The predicted octanol–water partition coefficient (Wildman–Crippen LogP) is 1.35. The molecule has 0 amide bonds. The number of hydrogen-bond donors (Lipinski definition) is 1. The molecule has 0 aliphatic rings. The summed E-state index contributed by atoms with van der Waals surface area (Å²) >= 11 is 1.20. The molecule has 1 N–H and O–H groups in total. The van der Waals surface area contributed by atoms with Crippen molar-refractivity contribution < 1.29 is 9.90 Å². The largest absolute Gasteiger partial charge is 0.463 e. The number of nitrogens with zero attached hydrogens (tertiary/aromatic N) is 4. The summed E-state index contributed by atoms with van der Waals surface area (Å²) in [6.07, 6.45) is -1.20. The fourth-order valence-corrected chi connectivity index (χ4v) is 1.74. The summed E-state index contributed by atoms with van der Waals surface area (Å²) in [6.45, 7) is 0. The average Bonchev–Trinajstić information content (AvgIpc) is 2.67. The summed E-state index contributed by atoms with van der Waals surface area (Å²) in [5.74, 6) is 0. The van der Waals surface area contributed by atoms with E-state index in [1.807, 2.05) is 30.3 Å². The van der Waals surface area contributed by atoms with Crippen LogP contribution in [0.25, 0.3) is 0 Å². The van der Waals surface area contributed by atoms with Gasteiger partial charge < -0.3 is 5.11 Å². The minimum atomic E-state index is -1.20. The monoisotopic (exact) mass is 222 g/mol. The van der Waals surface area contributed by atoms with Crippen molar-refractivity contribution in [2.45, 2.75) is 10.1 Å². The van der Waals surface area contributed by atoms with Gasteiger partial charge in [-0.25, -0.2) is 4.79 Å². The third-order valence-electron chi connectivity index (χ3n) is 1.57. The maximum atomic E-state index is 10.7. The van der Waals surface area contributed by atoms with E-state index in [1.54, 1.807) is 0 Å². The van der Waals surface area contributed by atoms with Crippen LogP contribution < -0.4 is 0 Å². The van der Waals surface area contributed by atoms with E-state index in [0.717, 1.165) is 9.58 Å². The lowest BCUT2D eigenvalue weighted by Crippen LogP contribution is -2.11. The first-order valence-corrected chi connectivity index (χ1v) is 4.83. The Kier molecular flexibility index (Phi) is 2.64. The highest BCUT2D eigenvalue weighted by molar-refractivity contribution is 7.99. The van der Waals surface area contributed by atoms with Crippen molar-refractivity contribution in [3.63, 3.8) is 0 Å². The Morgan fingerprint density at radius 1 is 1.33 bits per heavy atom. The molecule has 0 spiro atoms. The fourth-order valence-electron chi connectivity index (χ4n) is 0.957. The van der Waals surface area contributed by atoms with Crippen molar-refractivity contribution in [3.05, 3.63) is 30.3 Å². The number of tetrazole rings is 1. The number of carboxylic acid groups (broad SMARTS) is 1. The number of benzene rings is 1. The quantitative estimate of drug-likeness (QED) is 0.772. The molecule has 0 atom stereocenters. The molecule has 0 bridgehead atoms. The molecule has 6 nitrogen and oxygen atoms in total. The van der Waals surface area contributed by atoms with E-state index in [9.17, 15) is 4.79 Å². The highest BCUT2D eigenvalue weighted by atomic mass is 32.2. The van der Waals surface area contributed by atoms with Crippen LogP contribution >= 0.6 is 11.8 Å². The normalized spacial score (nSPS) is 10.1. The van der Waals surface area contributed by atoms with Gasteiger partial charge >= 0.3 is 6.09 Å². The molecule has 7 heteroatoms. The Morgan fingerprint density at radius 3 is 2.73 bits per heavy atom. The molecule has 0 aliphatic heterocycles. The van der Waals surface area contributed by atoms with E-state index < -0.39 is 6.09 Å². The second-order valence-electron chi connectivity index (χ2n) is 2.57. The average molecular weight is 222 g/mol. The Hall–Kier alpha value is -1.89. The van der Waals surface area contributed by atoms with E-state index in [2.05, 4.69) is 15.5 Å². The van der Waals surface area contributed by atoms with Crippen LogP contribution in [0.4, 0.5) is 4.79 Å². The van der Waals surface area contributed by atoms with E-state index in [-0.39, 0.29) is 5.16 Å². The fraction of sp³-hybridized carbons (Fsp3) is 0. The van der Waals surface area contributed by atoms with Crippen LogP contribution in [-0.2, 0) is 0 Å². The standard InChI is InChI=1S/C8H6N4O2S/c13-8(14)12-7(9-10-11-12)15-6-4-2-1-3-5-6/h1-5H,(H,13,14). The third kappa shape index (κ3) is 2.13. The molecule has 0 unspecified atom stereocenters. The molecule has 1 aromatic heterocycles. The molecule has 0 saturated heterocycles. The van der Waals surface area contributed by atoms with Gasteiger partial charge in [-0.1, -0.05) is 18.2 Å². The molecule has 2 aromatic rings. The number of rotatable bonds is 2. The summed E-state index contributed by atoms with van der Waals surface area (Å²) in [5.41, 5.74) is 0. The molecule has 1 aromatic carbocycles. The van der Waals surface area contributed by atoms with Gasteiger partial charge in [0.05, 0.1) is 0 Å². The molecular formula is C8H6N4O2S. The lowest BCUT2D eigenvalue weighted by Gasteiger charge is -1.98. The minimum absolute atomic E-state index is 0.230. The van der Waals surface area contributed by atoms with E-state index in [1.165, 1.54) is 11.8 Å². The predicted molar refractivity (Wildman–Crippen MR) is 51.8 cm³/mol. The SMILES string of the molecule is O=C(O)n1nnnc1Sc1ccccc1. The smallest absolute Gasteiger partial charge is 0.436 e. The van der Waals surface area contributed by atoms with Crippen LogP contribution in [-0.4, -0.2) is 31.4 Å². The van der Waals surface area contributed by atoms with Gasteiger partial charge in [-0.3, -0.25) is 0 Å². The molecular weight excluding hydrogens is 216 g/mol. The van der Waals surface area contributed by atoms with Gasteiger partial charge in [0.1, 0.15) is 0 Å². The van der Waals surface area contributed by atoms with Crippen LogP contribution in [0, 0.1) is 0 Å². The summed E-state index contributed by atoms with van der Waals surface area (Å²) in [4.78, 5) is 11.6. The summed E-state index contributed by atoms with van der Waals surface area (Å²) in [5, 5.41) is 19.2. The van der Waals surface area contributed by atoms with Gasteiger partial charge in [0.25, 0.3) is 0 Å². The second kappa shape index (κ2) is 4.09. The van der Waals surface area contributed by atoms with Crippen LogP contribution in [0.5, 0.6) is 0 Å². The third-order valence-corrected chi connectivity index (χ3v) is 2.52. The lowest BCUT2D eigenvalue weighted by molar-refractivity contribution is 0.189. The van der Waals surface area contributed by atoms with Crippen LogP contribution in [0.2, 0.25) is 0 Å². The van der Waals surface area contributed by atoms with E-state index in [0.29, 0.717) is 0 Å². The molecule has 2 rings (SSSR count). The van der Waals surface area contributed by atoms with Gasteiger partial charge in [-0.2, -0.15) is 0 Å². The van der Waals surface area contributed by atoms with Crippen molar-refractivity contribution in [2.75, 3.05) is 0 Å². The number of hydrogen-bond acceptors (Lipinski definition) is 5. The van der Waals surface area contributed by atoms with Crippen molar-refractivity contribution >= 4 is 17.9 Å². The van der Waals surface area contributed by atoms with Crippen LogP contribution in [0.3, 0.4) is 0 Å². The highest BCUT2D eigenvalue weighted by Crippen LogP contribution is 2.24. The van der Waals surface area contributed by atoms with Crippen LogP contribution in [0.15, 0.2) is 40.4 Å². The van der Waals surface area contributed by atoms with Crippen molar-refractivity contribution in [1.29, 1.82) is 0 Å². The van der Waals surface area contributed by atoms with Crippen molar-refractivity contribution in [2.24, 2.45) is 0 Å². The molecule has 0 aliphatic carbocycles. The topological polar surface area (TPSA) is 80.9 Å². The molecule has 0 fully saturated rings. The zero-order valence-corrected chi connectivity index (χ0v) is 8.26. The second-order valence-corrected chi connectivity index (χ2v) is 3.61. The van der Waals surface area contributed by atoms with E-state index in [4.69, 9.17) is 5.11 Å².